The van der Waals surface area contributed by atoms with Crippen LogP contribution in [0, 0.1) is 10.1 Å². The molecule has 0 atom stereocenters. The van der Waals surface area contributed by atoms with Crippen LogP contribution in [-0.2, 0) is 9.47 Å². The van der Waals surface area contributed by atoms with Crippen molar-refractivity contribution >= 4 is 17.3 Å². The van der Waals surface area contributed by atoms with Crippen LogP contribution in [0.3, 0.4) is 0 Å². The molecule has 1 N–H and O–H groups in total. The van der Waals surface area contributed by atoms with Crippen LogP contribution in [0.4, 0.5) is 11.4 Å². The molecule has 0 aromatic heterocycles. The zero-order valence-corrected chi connectivity index (χ0v) is 10.8. The van der Waals surface area contributed by atoms with Crippen molar-refractivity contribution in [3.05, 3.63) is 33.9 Å². The van der Waals surface area contributed by atoms with Crippen molar-refractivity contribution in [2.45, 2.75) is 6.92 Å². The predicted octanol–water partition coefficient (Wildman–Crippen LogP) is 1.83. The summed E-state index contributed by atoms with van der Waals surface area (Å²) in [5, 5.41) is 13.5. The number of carbonyl (C=O) groups is 1. The number of hydrogen-bond donors (Lipinski definition) is 1. The Morgan fingerprint density at radius 3 is 2.74 bits per heavy atom. The first-order valence-electron chi connectivity index (χ1n) is 5.81. The number of anilines is 1. The van der Waals surface area contributed by atoms with Gasteiger partial charge < -0.3 is 14.8 Å². The SMILES string of the molecule is CCOCCOC(=O)c1ccc(NC)c([N+](=O)[O-])c1. The van der Waals surface area contributed by atoms with E-state index >= 15 is 0 Å². The third kappa shape index (κ3) is 4.22. The summed E-state index contributed by atoms with van der Waals surface area (Å²) in [6.45, 7) is 2.80. The molecule has 0 radical (unpaired) electrons. The third-order valence-corrected chi connectivity index (χ3v) is 2.36. The van der Waals surface area contributed by atoms with Gasteiger partial charge in [-0.05, 0) is 19.1 Å². The van der Waals surface area contributed by atoms with E-state index in [2.05, 4.69) is 5.32 Å². The summed E-state index contributed by atoms with van der Waals surface area (Å²) in [7, 11) is 1.57. The van der Waals surface area contributed by atoms with E-state index in [0.717, 1.165) is 0 Å². The first-order chi connectivity index (χ1) is 9.10. The van der Waals surface area contributed by atoms with Gasteiger partial charge in [0.05, 0.1) is 17.1 Å². The van der Waals surface area contributed by atoms with Crippen molar-refractivity contribution in [3.8, 4) is 0 Å². The van der Waals surface area contributed by atoms with E-state index < -0.39 is 10.9 Å². The van der Waals surface area contributed by atoms with Crippen molar-refractivity contribution in [1.29, 1.82) is 0 Å². The van der Waals surface area contributed by atoms with Gasteiger partial charge in [0.15, 0.2) is 0 Å². The van der Waals surface area contributed by atoms with Crippen LogP contribution in [0.5, 0.6) is 0 Å². The highest BCUT2D eigenvalue weighted by Crippen LogP contribution is 2.25. The Morgan fingerprint density at radius 2 is 2.16 bits per heavy atom. The molecular weight excluding hydrogens is 252 g/mol. The lowest BCUT2D eigenvalue weighted by Crippen LogP contribution is -2.11. The first-order valence-corrected chi connectivity index (χ1v) is 5.81. The van der Waals surface area contributed by atoms with E-state index in [9.17, 15) is 14.9 Å². The van der Waals surface area contributed by atoms with Crippen LogP contribution < -0.4 is 5.32 Å². The fourth-order valence-electron chi connectivity index (χ4n) is 1.44. The van der Waals surface area contributed by atoms with Gasteiger partial charge >= 0.3 is 5.97 Å². The predicted molar refractivity (Wildman–Crippen MR) is 69.4 cm³/mol. The molecule has 0 aliphatic heterocycles. The molecule has 1 rings (SSSR count). The Morgan fingerprint density at radius 1 is 1.42 bits per heavy atom. The molecule has 0 aliphatic rings. The van der Waals surface area contributed by atoms with Gasteiger partial charge in [0.2, 0.25) is 0 Å². The molecule has 0 bridgehead atoms. The highest BCUT2D eigenvalue weighted by Gasteiger charge is 2.17. The normalized spacial score (nSPS) is 10.0. The number of esters is 1. The fourth-order valence-corrected chi connectivity index (χ4v) is 1.44. The summed E-state index contributed by atoms with van der Waals surface area (Å²) >= 11 is 0. The van der Waals surface area contributed by atoms with Crippen molar-refractivity contribution in [2.24, 2.45) is 0 Å². The molecule has 0 saturated carbocycles. The Labute approximate surface area is 110 Å². The maximum Gasteiger partial charge on any atom is 0.338 e. The number of nitrogens with zero attached hydrogens (tertiary/aromatic N) is 1. The summed E-state index contributed by atoms with van der Waals surface area (Å²) in [6.07, 6.45) is 0. The number of carbonyl (C=O) groups excluding carboxylic acids is 1. The van der Waals surface area contributed by atoms with Crippen LogP contribution in [0.15, 0.2) is 18.2 Å². The molecular formula is C12H16N2O5. The van der Waals surface area contributed by atoms with E-state index in [1.807, 2.05) is 6.92 Å². The lowest BCUT2D eigenvalue weighted by Gasteiger charge is -2.06. The molecule has 0 spiro atoms. The van der Waals surface area contributed by atoms with Crippen LogP contribution in [0.2, 0.25) is 0 Å². The highest BCUT2D eigenvalue weighted by molar-refractivity contribution is 5.91. The minimum atomic E-state index is -0.606. The minimum absolute atomic E-state index is 0.119. The maximum atomic E-state index is 11.7. The number of benzene rings is 1. The molecule has 0 saturated heterocycles. The summed E-state index contributed by atoms with van der Waals surface area (Å²) in [5.74, 6) is -0.606. The van der Waals surface area contributed by atoms with Crippen molar-refractivity contribution < 1.29 is 19.2 Å². The lowest BCUT2D eigenvalue weighted by molar-refractivity contribution is -0.384. The second-order valence-electron chi connectivity index (χ2n) is 3.57. The fraction of sp³-hybridized carbons (Fsp3) is 0.417. The Hall–Kier alpha value is -2.15. The van der Waals surface area contributed by atoms with Gasteiger partial charge in [-0.1, -0.05) is 0 Å². The van der Waals surface area contributed by atoms with Crippen molar-refractivity contribution in [2.75, 3.05) is 32.2 Å². The van der Waals surface area contributed by atoms with Gasteiger partial charge in [0.25, 0.3) is 5.69 Å². The average molecular weight is 268 g/mol. The van der Waals surface area contributed by atoms with Crippen LogP contribution in [0.1, 0.15) is 17.3 Å². The molecule has 104 valence electrons. The molecule has 7 heteroatoms. The lowest BCUT2D eigenvalue weighted by atomic mass is 10.1. The Balaban J connectivity index is 2.75. The van der Waals surface area contributed by atoms with Gasteiger partial charge in [-0.3, -0.25) is 10.1 Å². The molecule has 0 fully saturated rings. The molecule has 0 unspecified atom stereocenters. The Bertz CT molecular complexity index is 461. The van der Waals surface area contributed by atoms with E-state index in [1.54, 1.807) is 7.05 Å². The third-order valence-electron chi connectivity index (χ3n) is 2.36. The number of nitrogens with one attached hydrogen (secondary N) is 1. The second-order valence-corrected chi connectivity index (χ2v) is 3.57. The largest absolute Gasteiger partial charge is 0.460 e. The molecule has 0 aliphatic carbocycles. The van der Waals surface area contributed by atoms with Gasteiger partial charge in [-0.15, -0.1) is 0 Å². The summed E-state index contributed by atoms with van der Waals surface area (Å²) in [6, 6.07) is 4.13. The van der Waals surface area contributed by atoms with E-state index in [1.165, 1.54) is 18.2 Å². The maximum absolute atomic E-state index is 11.7. The monoisotopic (exact) mass is 268 g/mol. The van der Waals surface area contributed by atoms with E-state index in [-0.39, 0.29) is 17.9 Å². The molecule has 19 heavy (non-hydrogen) atoms. The standard InChI is InChI=1S/C12H16N2O5/c1-3-18-6-7-19-12(15)9-4-5-10(13-2)11(8-9)14(16)17/h4-5,8,13H,3,6-7H2,1-2H3. The highest BCUT2D eigenvalue weighted by atomic mass is 16.6. The van der Waals surface area contributed by atoms with Crippen LogP contribution in [0.25, 0.3) is 0 Å². The summed E-state index contributed by atoms with van der Waals surface area (Å²) in [4.78, 5) is 22.0. The van der Waals surface area contributed by atoms with Gasteiger partial charge in [0.1, 0.15) is 12.3 Å². The number of hydrogen-bond acceptors (Lipinski definition) is 6. The topological polar surface area (TPSA) is 90.7 Å². The van der Waals surface area contributed by atoms with Crippen molar-refractivity contribution in [1.82, 2.24) is 0 Å². The number of rotatable bonds is 7. The molecule has 0 amide bonds. The van der Waals surface area contributed by atoms with Gasteiger partial charge in [0, 0.05) is 19.7 Å². The Kier molecular flexibility index (Phi) is 5.74. The zero-order valence-electron chi connectivity index (χ0n) is 10.8. The first kappa shape index (κ1) is 14.9. The van der Waals surface area contributed by atoms with Gasteiger partial charge in [-0.2, -0.15) is 0 Å². The van der Waals surface area contributed by atoms with Crippen LogP contribution >= 0.6 is 0 Å². The summed E-state index contributed by atoms with van der Waals surface area (Å²) < 4.78 is 9.95. The molecule has 1 aromatic rings. The summed E-state index contributed by atoms with van der Waals surface area (Å²) in [5.41, 5.74) is 0.319. The number of ether oxygens (including phenoxy) is 2. The average Bonchev–Trinajstić information content (AvgIpc) is 2.42. The molecule has 1 aromatic carbocycles. The van der Waals surface area contributed by atoms with Crippen molar-refractivity contribution in [3.63, 3.8) is 0 Å². The van der Waals surface area contributed by atoms with E-state index in [0.29, 0.717) is 18.9 Å². The van der Waals surface area contributed by atoms with E-state index in [4.69, 9.17) is 9.47 Å². The molecule has 7 nitrogen and oxygen atoms in total. The van der Waals surface area contributed by atoms with Gasteiger partial charge in [-0.25, -0.2) is 4.79 Å². The second kappa shape index (κ2) is 7.32. The molecule has 0 heterocycles. The minimum Gasteiger partial charge on any atom is -0.460 e. The number of nitro benzene ring substituents is 1. The number of nitro groups is 1. The van der Waals surface area contributed by atoms with Crippen LogP contribution in [-0.4, -0.2) is 37.8 Å². The quantitative estimate of drug-likeness (QED) is 0.351. The zero-order chi connectivity index (χ0) is 14.3. The smallest absolute Gasteiger partial charge is 0.338 e.